The minimum atomic E-state index is 0.179. The van der Waals surface area contributed by atoms with Gasteiger partial charge in [-0.15, -0.1) is 0 Å². The fraction of sp³-hybridized carbons (Fsp3) is 0.462. The largest absolute Gasteiger partial charge is 0.311 e. The number of nitrogens with one attached hydrogen (secondary N) is 1. The molecule has 1 amide bonds. The van der Waals surface area contributed by atoms with Gasteiger partial charge in [0.15, 0.2) is 0 Å². The smallest absolute Gasteiger partial charge is 0.240 e. The van der Waals surface area contributed by atoms with E-state index in [1.54, 1.807) is 0 Å². The van der Waals surface area contributed by atoms with Gasteiger partial charge in [0, 0.05) is 18.8 Å². The molecule has 0 aliphatic carbocycles. The van der Waals surface area contributed by atoms with Crippen LogP contribution in [0.5, 0.6) is 0 Å². The van der Waals surface area contributed by atoms with Gasteiger partial charge in [0.1, 0.15) is 0 Å². The molecular formula is C13H18N2O. The first-order valence-electron chi connectivity index (χ1n) is 5.92. The lowest BCUT2D eigenvalue weighted by Gasteiger charge is -2.22. The molecule has 1 aromatic rings. The number of anilines is 1. The summed E-state index contributed by atoms with van der Waals surface area (Å²) in [5.41, 5.74) is 2.29. The van der Waals surface area contributed by atoms with Crippen molar-refractivity contribution in [2.75, 3.05) is 18.0 Å². The van der Waals surface area contributed by atoms with Crippen molar-refractivity contribution in [3.8, 4) is 0 Å². The number of nitrogens with zero attached hydrogens (tertiary/aromatic N) is 1. The molecule has 1 aromatic carbocycles. The molecule has 1 N–H and O–H groups in total. The molecule has 3 heteroatoms. The lowest BCUT2D eigenvalue weighted by atomic mass is 10.1. The predicted molar refractivity (Wildman–Crippen MR) is 65.4 cm³/mol. The van der Waals surface area contributed by atoms with Crippen molar-refractivity contribution in [3.05, 3.63) is 29.8 Å². The van der Waals surface area contributed by atoms with Crippen molar-refractivity contribution in [1.29, 1.82) is 0 Å². The Morgan fingerprint density at radius 3 is 2.94 bits per heavy atom. The molecule has 3 nitrogen and oxygen atoms in total. The molecule has 1 aliphatic rings. The van der Waals surface area contributed by atoms with Crippen molar-refractivity contribution < 1.29 is 4.79 Å². The second kappa shape index (κ2) is 5.12. The van der Waals surface area contributed by atoms with Crippen LogP contribution in [0.1, 0.15) is 25.3 Å². The minimum absolute atomic E-state index is 0.179. The van der Waals surface area contributed by atoms with Crippen LogP contribution in [0.4, 0.5) is 5.69 Å². The van der Waals surface area contributed by atoms with Crippen LogP contribution >= 0.6 is 0 Å². The van der Waals surface area contributed by atoms with Crippen LogP contribution in [0, 0.1) is 0 Å². The molecule has 0 radical (unpaired) electrons. The number of carbonyl (C=O) groups is 1. The first kappa shape index (κ1) is 11.1. The first-order chi connectivity index (χ1) is 7.83. The Bertz CT molecular complexity index is 376. The summed E-state index contributed by atoms with van der Waals surface area (Å²) in [7, 11) is 0. The molecule has 1 heterocycles. The highest BCUT2D eigenvalue weighted by Crippen LogP contribution is 2.22. The summed E-state index contributed by atoms with van der Waals surface area (Å²) in [4.78, 5) is 13.9. The van der Waals surface area contributed by atoms with Crippen molar-refractivity contribution in [3.63, 3.8) is 0 Å². The van der Waals surface area contributed by atoms with Crippen LogP contribution < -0.4 is 10.2 Å². The molecule has 0 spiro atoms. The summed E-state index contributed by atoms with van der Waals surface area (Å²) < 4.78 is 0. The monoisotopic (exact) mass is 218 g/mol. The van der Waals surface area contributed by atoms with E-state index in [0.29, 0.717) is 6.54 Å². The Hall–Kier alpha value is -1.35. The topological polar surface area (TPSA) is 32.3 Å². The highest BCUT2D eigenvalue weighted by atomic mass is 16.2. The zero-order valence-corrected chi connectivity index (χ0v) is 9.70. The standard InChI is InChI=1S/C13H18N2O/c1-2-3-8-15-12-7-5-4-6-11(12)9-14-10-13(15)16/h4-7,14H,2-3,8-10H2,1H3. The van der Waals surface area contributed by atoms with Crippen LogP contribution in [0.25, 0.3) is 0 Å². The fourth-order valence-corrected chi connectivity index (χ4v) is 2.02. The normalized spacial score (nSPS) is 15.8. The maximum atomic E-state index is 11.9. The molecule has 0 fully saturated rings. The molecule has 1 aliphatic heterocycles. The summed E-state index contributed by atoms with van der Waals surface area (Å²) >= 11 is 0. The zero-order valence-electron chi connectivity index (χ0n) is 9.70. The van der Waals surface area contributed by atoms with E-state index in [1.165, 1.54) is 5.56 Å². The van der Waals surface area contributed by atoms with Crippen LogP contribution in [0.3, 0.4) is 0 Å². The van der Waals surface area contributed by atoms with Gasteiger partial charge in [0.05, 0.1) is 6.54 Å². The van der Waals surface area contributed by atoms with Crippen LogP contribution in [0.15, 0.2) is 24.3 Å². The molecule has 0 bridgehead atoms. The maximum absolute atomic E-state index is 11.9. The quantitative estimate of drug-likeness (QED) is 0.840. The number of fused-ring (bicyclic) bond motifs is 1. The Morgan fingerprint density at radius 2 is 2.12 bits per heavy atom. The van der Waals surface area contributed by atoms with Crippen molar-refractivity contribution >= 4 is 11.6 Å². The van der Waals surface area contributed by atoms with E-state index >= 15 is 0 Å². The van der Waals surface area contributed by atoms with E-state index in [4.69, 9.17) is 0 Å². The molecule has 2 rings (SSSR count). The van der Waals surface area contributed by atoms with Gasteiger partial charge in [-0.05, 0) is 18.1 Å². The number of carbonyl (C=O) groups excluding carboxylic acids is 1. The Morgan fingerprint density at radius 1 is 1.31 bits per heavy atom. The Balaban J connectivity index is 2.28. The van der Waals surface area contributed by atoms with E-state index in [9.17, 15) is 4.79 Å². The third-order valence-electron chi connectivity index (χ3n) is 2.91. The van der Waals surface area contributed by atoms with Crippen molar-refractivity contribution in [1.82, 2.24) is 5.32 Å². The fourth-order valence-electron chi connectivity index (χ4n) is 2.02. The van der Waals surface area contributed by atoms with Crippen molar-refractivity contribution in [2.45, 2.75) is 26.3 Å². The lowest BCUT2D eigenvalue weighted by molar-refractivity contribution is -0.117. The molecule has 86 valence electrons. The van der Waals surface area contributed by atoms with Crippen LogP contribution in [-0.2, 0) is 11.3 Å². The predicted octanol–water partition coefficient (Wildman–Crippen LogP) is 1.92. The summed E-state index contributed by atoms with van der Waals surface area (Å²) in [6, 6.07) is 8.14. The summed E-state index contributed by atoms with van der Waals surface area (Å²) in [6.45, 7) is 4.20. The molecule has 0 aromatic heterocycles. The summed E-state index contributed by atoms with van der Waals surface area (Å²) in [5, 5.41) is 3.17. The summed E-state index contributed by atoms with van der Waals surface area (Å²) in [6.07, 6.45) is 2.17. The highest BCUT2D eigenvalue weighted by Gasteiger charge is 2.20. The number of para-hydroxylation sites is 1. The van der Waals surface area contributed by atoms with Gasteiger partial charge < -0.3 is 10.2 Å². The van der Waals surface area contributed by atoms with Crippen molar-refractivity contribution in [2.24, 2.45) is 0 Å². The average Bonchev–Trinajstić information content (AvgIpc) is 2.46. The highest BCUT2D eigenvalue weighted by molar-refractivity contribution is 5.96. The molecule has 16 heavy (non-hydrogen) atoms. The lowest BCUT2D eigenvalue weighted by Crippen LogP contribution is -2.36. The minimum Gasteiger partial charge on any atom is -0.311 e. The number of hydrogen-bond donors (Lipinski definition) is 1. The van der Waals surface area contributed by atoms with E-state index < -0.39 is 0 Å². The average molecular weight is 218 g/mol. The third-order valence-corrected chi connectivity index (χ3v) is 2.91. The van der Waals surface area contributed by atoms with Gasteiger partial charge in [-0.2, -0.15) is 0 Å². The SMILES string of the molecule is CCCCN1C(=O)CNCc2ccccc21. The van der Waals surface area contributed by atoms with Gasteiger partial charge in [-0.1, -0.05) is 31.5 Å². The van der Waals surface area contributed by atoms with Crippen LogP contribution in [-0.4, -0.2) is 19.0 Å². The number of amides is 1. The van der Waals surface area contributed by atoms with Gasteiger partial charge >= 0.3 is 0 Å². The second-order valence-electron chi connectivity index (χ2n) is 4.13. The Labute approximate surface area is 96.5 Å². The second-order valence-corrected chi connectivity index (χ2v) is 4.13. The van der Waals surface area contributed by atoms with E-state index in [-0.39, 0.29) is 5.91 Å². The van der Waals surface area contributed by atoms with Gasteiger partial charge in [-0.3, -0.25) is 4.79 Å². The zero-order chi connectivity index (χ0) is 11.4. The Kier molecular flexibility index (Phi) is 3.57. The van der Waals surface area contributed by atoms with Gasteiger partial charge in [0.2, 0.25) is 5.91 Å². The van der Waals surface area contributed by atoms with E-state index in [0.717, 1.165) is 31.6 Å². The maximum Gasteiger partial charge on any atom is 0.240 e. The molecule has 0 saturated heterocycles. The van der Waals surface area contributed by atoms with Gasteiger partial charge in [-0.25, -0.2) is 0 Å². The number of hydrogen-bond acceptors (Lipinski definition) is 2. The molecule has 0 saturated carbocycles. The van der Waals surface area contributed by atoms with E-state index in [1.807, 2.05) is 23.1 Å². The van der Waals surface area contributed by atoms with Gasteiger partial charge in [0.25, 0.3) is 0 Å². The molecule has 0 atom stereocenters. The third kappa shape index (κ3) is 2.25. The summed E-state index contributed by atoms with van der Waals surface area (Å²) in [5.74, 6) is 0.179. The molecule has 0 unspecified atom stereocenters. The number of unbranched alkanes of at least 4 members (excludes halogenated alkanes) is 1. The number of benzene rings is 1. The molecular weight excluding hydrogens is 200 g/mol. The van der Waals surface area contributed by atoms with Crippen LogP contribution in [0.2, 0.25) is 0 Å². The van der Waals surface area contributed by atoms with E-state index in [2.05, 4.69) is 18.3 Å². The number of rotatable bonds is 3. The first-order valence-corrected chi connectivity index (χ1v) is 5.92.